The molecule has 1 aliphatic rings. The third kappa shape index (κ3) is 4.15. The van der Waals surface area contributed by atoms with E-state index in [1.54, 1.807) is 0 Å². The largest absolute Gasteiger partial charge is 0.383 e. The fourth-order valence-electron chi connectivity index (χ4n) is 2.72. The minimum Gasteiger partial charge on any atom is -0.383 e. The van der Waals surface area contributed by atoms with Gasteiger partial charge in [0.1, 0.15) is 11.9 Å². The van der Waals surface area contributed by atoms with Gasteiger partial charge in [-0.1, -0.05) is 0 Å². The number of carbonyl (C=O) groups excluding carboxylic acids is 1. The van der Waals surface area contributed by atoms with Crippen molar-refractivity contribution in [2.24, 2.45) is 11.7 Å². The number of rotatable bonds is 5. The van der Waals surface area contributed by atoms with Crippen molar-refractivity contribution in [2.45, 2.75) is 25.5 Å². The molecule has 6 nitrogen and oxygen atoms in total. The first-order chi connectivity index (χ1) is 9.97. The van der Waals surface area contributed by atoms with Gasteiger partial charge in [0.25, 0.3) is 0 Å². The van der Waals surface area contributed by atoms with E-state index in [9.17, 15) is 9.90 Å². The zero-order valence-corrected chi connectivity index (χ0v) is 12.7. The molecule has 0 spiro atoms. The van der Waals surface area contributed by atoms with Gasteiger partial charge in [0.05, 0.1) is 0 Å². The fraction of sp³-hybridized carbons (Fsp3) is 0.600. The Balaban J connectivity index is 1.89. The Labute approximate surface area is 125 Å². The smallest absolute Gasteiger partial charge is 0.246 e. The first kappa shape index (κ1) is 15.7. The second kappa shape index (κ2) is 6.87. The quantitative estimate of drug-likeness (QED) is 0.810. The average Bonchev–Trinajstić information content (AvgIpc) is 2.47. The second-order valence-corrected chi connectivity index (χ2v) is 5.88. The molecule has 0 aromatic carbocycles. The highest BCUT2D eigenvalue weighted by Crippen LogP contribution is 2.22. The first-order valence-corrected chi connectivity index (χ1v) is 7.29. The molecule has 2 rings (SSSR count). The minimum absolute atomic E-state index is 0.00599. The van der Waals surface area contributed by atoms with Gasteiger partial charge in [0, 0.05) is 26.8 Å². The lowest BCUT2D eigenvalue weighted by molar-refractivity contribution is -0.129. The zero-order chi connectivity index (χ0) is 15.4. The number of nitrogens with zero attached hydrogens (tertiary/aromatic N) is 3. The van der Waals surface area contributed by atoms with Crippen LogP contribution in [-0.2, 0) is 11.3 Å². The molecule has 116 valence electrons. The van der Waals surface area contributed by atoms with E-state index in [1.165, 1.54) is 5.56 Å². The standard InChI is InChI=1S/C15H24N4O2/c1-18(2)13-9-11(3-6-17-13)10-19-7-4-12(5-8-19)14(20)15(16)21/h3,6,9,12,14,20H,4-5,7-8,10H2,1-2H3,(H2,16,21). The minimum atomic E-state index is -1.01. The van der Waals surface area contributed by atoms with Crippen molar-refractivity contribution in [3.8, 4) is 0 Å². The van der Waals surface area contributed by atoms with E-state index >= 15 is 0 Å². The van der Waals surface area contributed by atoms with Crippen molar-refractivity contribution in [2.75, 3.05) is 32.1 Å². The molecule has 1 unspecified atom stereocenters. The number of aliphatic hydroxyl groups is 1. The summed E-state index contributed by atoms with van der Waals surface area (Å²) in [6, 6.07) is 4.11. The molecule has 1 fully saturated rings. The summed E-state index contributed by atoms with van der Waals surface area (Å²) >= 11 is 0. The molecule has 2 heterocycles. The van der Waals surface area contributed by atoms with Crippen LogP contribution < -0.4 is 10.6 Å². The molecule has 0 saturated carbocycles. The summed E-state index contributed by atoms with van der Waals surface area (Å²) in [5.74, 6) is 0.332. The van der Waals surface area contributed by atoms with Crippen LogP contribution in [0.3, 0.4) is 0 Å². The SMILES string of the molecule is CN(C)c1cc(CN2CCC(C(O)C(N)=O)CC2)ccn1. The Morgan fingerprint density at radius 3 is 2.76 bits per heavy atom. The van der Waals surface area contributed by atoms with Gasteiger partial charge in [-0.05, 0) is 49.5 Å². The predicted molar refractivity (Wildman–Crippen MR) is 81.8 cm³/mol. The summed E-state index contributed by atoms with van der Waals surface area (Å²) in [7, 11) is 3.95. The van der Waals surface area contributed by atoms with Crippen molar-refractivity contribution in [3.05, 3.63) is 23.9 Å². The summed E-state index contributed by atoms with van der Waals surface area (Å²) in [5.41, 5.74) is 6.38. The van der Waals surface area contributed by atoms with Crippen LogP contribution in [0.1, 0.15) is 18.4 Å². The van der Waals surface area contributed by atoms with Gasteiger partial charge < -0.3 is 15.7 Å². The van der Waals surface area contributed by atoms with E-state index < -0.39 is 12.0 Å². The number of pyridine rings is 1. The summed E-state index contributed by atoms with van der Waals surface area (Å²) in [6.07, 6.45) is 2.42. The number of nitrogens with two attached hydrogens (primary N) is 1. The molecular weight excluding hydrogens is 268 g/mol. The molecule has 1 saturated heterocycles. The van der Waals surface area contributed by atoms with E-state index in [2.05, 4.69) is 16.0 Å². The highest BCUT2D eigenvalue weighted by atomic mass is 16.3. The summed E-state index contributed by atoms with van der Waals surface area (Å²) in [6.45, 7) is 2.60. The van der Waals surface area contributed by atoms with Gasteiger partial charge in [-0.3, -0.25) is 9.69 Å². The first-order valence-electron chi connectivity index (χ1n) is 7.29. The lowest BCUT2D eigenvalue weighted by Crippen LogP contribution is -2.42. The molecule has 1 aromatic heterocycles. The molecule has 21 heavy (non-hydrogen) atoms. The molecule has 6 heteroatoms. The Morgan fingerprint density at radius 2 is 2.19 bits per heavy atom. The van der Waals surface area contributed by atoms with E-state index in [0.717, 1.165) is 38.3 Å². The molecule has 0 bridgehead atoms. The van der Waals surface area contributed by atoms with E-state index in [-0.39, 0.29) is 5.92 Å². The highest BCUT2D eigenvalue weighted by molar-refractivity contribution is 5.78. The van der Waals surface area contributed by atoms with E-state index in [0.29, 0.717) is 0 Å². The van der Waals surface area contributed by atoms with Crippen LogP contribution in [0.15, 0.2) is 18.3 Å². The molecule has 1 amide bonds. The Hall–Kier alpha value is -1.66. The lowest BCUT2D eigenvalue weighted by Gasteiger charge is -2.33. The number of amides is 1. The number of hydrogen-bond acceptors (Lipinski definition) is 5. The van der Waals surface area contributed by atoms with Crippen molar-refractivity contribution in [1.29, 1.82) is 0 Å². The normalized spacial score (nSPS) is 18.4. The molecule has 1 aromatic rings. The van der Waals surface area contributed by atoms with Crippen LogP contribution in [0.4, 0.5) is 5.82 Å². The van der Waals surface area contributed by atoms with Gasteiger partial charge in [-0.25, -0.2) is 4.98 Å². The monoisotopic (exact) mass is 292 g/mol. The molecular formula is C15H24N4O2. The van der Waals surface area contributed by atoms with Crippen LogP contribution in [0.2, 0.25) is 0 Å². The third-order valence-electron chi connectivity index (χ3n) is 4.04. The number of aliphatic hydroxyl groups excluding tert-OH is 1. The number of primary amides is 1. The van der Waals surface area contributed by atoms with Gasteiger partial charge >= 0.3 is 0 Å². The topological polar surface area (TPSA) is 82.7 Å². The fourth-order valence-corrected chi connectivity index (χ4v) is 2.72. The van der Waals surface area contributed by atoms with Crippen molar-refractivity contribution in [1.82, 2.24) is 9.88 Å². The van der Waals surface area contributed by atoms with Crippen LogP contribution in [0.25, 0.3) is 0 Å². The Kier molecular flexibility index (Phi) is 5.14. The van der Waals surface area contributed by atoms with Crippen molar-refractivity contribution in [3.63, 3.8) is 0 Å². The maximum absolute atomic E-state index is 11.0. The lowest BCUT2D eigenvalue weighted by atomic mass is 9.91. The van der Waals surface area contributed by atoms with Crippen molar-refractivity contribution >= 4 is 11.7 Å². The van der Waals surface area contributed by atoms with Gasteiger partial charge in [0.2, 0.25) is 5.91 Å². The summed E-state index contributed by atoms with van der Waals surface area (Å²) in [4.78, 5) is 19.6. The van der Waals surface area contributed by atoms with Crippen LogP contribution in [0.5, 0.6) is 0 Å². The van der Waals surface area contributed by atoms with Gasteiger partial charge in [-0.15, -0.1) is 0 Å². The third-order valence-corrected chi connectivity index (χ3v) is 4.04. The van der Waals surface area contributed by atoms with E-state index in [4.69, 9.17) is 5.73 Å². The number of aromatic nitrogens is 1. The Morgan fingerprint density at radius 1 is 1.52 bits per heavy atom. The maximum atomic E-state index is 11.0. The zero-order valence-electron chi connectivity index (χ0n) is 12.7. The van der Waals surface area contributed by atoms with Gasteiger partial charge in [-0.2, -0.15) is 0 Å². The van der Waals surface area contributed by atoms with Crippen LogP contribution in [-0.4, -0.2) is 54.2 Å². The average molecular weight is 292 g/mol. The van der Waals surface area contributed by atoms with Crippen LogP contribution in [0, 0.1) is 5.92 Å². The summed E-state index contributed by atoms with van der Waals surface area (Å²) in [5, 5.41) is 9.72. The van der Waals surface area contributed by atoms with E-state index in [1.807, 2.05) is 31.3 Å². The molecule has 3 N–H and O–H groups in total. The maximum Gasteiger partial charge on any atom is 0.246 e. The highest BCUT2D eigenvalue weighted by Gasteiger charge is 2.28. The number of anilines is 1. The number of piperidine rings is 1. The Bertz CT molecular complexity index is 484. The molecule has 0 aliphatic carbocycles. The number of hydrogen-bond donors (Lipinski definition) is 2. The number of carbonyl (C=O) groups is 1. The summed E-state index contributed by atoms with van der Waals surface area (Å²) < 4.78 is 0. The van der Waals surface area contributed by atoms with Crippen LogP contribution >= 0.6 is 0 Å². The second-order valence-electron chi connectivity index (χ2n) is 5.88. The molecule has 1 aliphatic heterocycles. The predicted octanol–water partition coefficient (Wildman–Crippen LogP) is 0.206. The van der Waals surface area contributed by atoms with Crippen molar-refractivity contribution < 1.29 is 9.90 Å². The van der Waals surface area contributed by atoms with Gasteiger partial charge in [0.15, 0.2) is 0 Å². The molecule has 1 atom stereocenters. The number of likely N-dealkylation sites (tertiary alicyclic amines) is 1. The molecule has 0 radical (unpaired) electrons.